The normalized spacial score (nSPS) is 18.6. The molecule has 0 bridgehead atoms. The molecule has 0 spiro atoms. The van der Waals surface area contributed by atoms with Crippen molar-refractivity contribution in [1.29, 1.82) is 0 Å². The third kappa shape index (κ3) is 4.35. The predicted octanol–water partition coefficient (Wildman–Crippen LogP) is 3.53. The van der Waals surface area contributed by atoms with Crippen molar-refractivity contribution in [1.82, 2.24) is 4.90 Å². The van der Waals surface area contributed by atoms with Crippen molar-refractivity contribution in [3.63, 3.8) is 0 Å². The number of rotatable bonds is 8. The number of aliphatic hydroxyl groups excluding tert-OH is 1. The van der Waals surface area contributed by atoms with Crippen LogP contribution in [0.15, 0.2) is 52.7 Å². The number of benzene rings is 1. The van der Waals surface area contributed by atoms with E-state index in [1.54, 1.807) is 36.4 Å². The molecule has 0 radical (unpaired) electrons. The van der Waals surface area contributed by atoms with Crippen LogP contribution in [0.3, 0.4) is 0 Å². The second kappa shape index (κ2) is 8.96. The molecule has 2 aromatic rings. The van der Waals surface area contributed by atoms with Gasteiger partial charge in [-0.3, -0.25) is 9.59 Å². The lowest BCUT2D eigenvalue weighted by Gasteiger charge is -2.23. The molecule has 1 aliphatic heterocycles. The number of nitrogens with zero attached hydrogens (tertiary/aromatic N) is 1. The van der Waals surface area contributed by atoms with Gasteiger partial charge in [0.05, 0.1) is 31.2 Å². The molecule has 1 fully saturated rings. The molecule has 1 atom stereocenters. The maximum atomic E-state index is 12.8. The monoisotopic (exact) mass is 399 g/mol. The first-order valence-corrected chi connectivity index (χ1v) is 9.60. The molecule has 154 valence electrons. The Bertz CT molecular complexity index is 883. The Morgan fingerprint density at radius 2 is 1.93 bits per heavy atom. The molecule has 29 heavy (non-hydrogen) atoms. The molecule has 7 nitrogen and oxygen atoms in total. The first kappa shape index (κ1) is 20.7. The van der Waals surface area contributed by atoms with E-state index in [0.29, 0.717) is 23.7 Å². The highest BCUT2D eigenvalue weighted by Gasteiger charge is 2.47. The summed E-state index contributed by atoms with van der Waals surface area (Å²) in [6, 6.07) is 9.24. The van der Waals surface area contributed by atoms with E-state index in [9.17, 15) is 14.7 Å². The van der Waals surface area contributed by atoms with Gasteiger partial charge in [0.2, 0.25) is 0 Å². The smallest absolute Gasteiger partial charge is 0.295 e. The van der Waals surface area contributed by atoms with E-state index in [1.165, 1.54) is 11.2 Å². The number of ketones is 1. The van der Waals surface area contributed by atoms with Crippen molar-refractivity contribution in [2.45, 2.75) is 32.9 Å². The van der Waals surface area contributed by atoms with E-state index in [1.807, 2.05) is 20.8 Å². The van der Waals surface area contributed by atoms with Crippen LogP contribution >= 0.6 is 0 Å². The van der Waals surface area contributed by atoms with Gasteiger partial charge in [-0.05, 0) is 57.2 Å². The summed E-state index contributed by atoms with van der Waals surface area (Å²) in [6.45, 7) is 6.66. The summed E-state index contributed by atoms with van der Waals surface area (Å²) in [5.74, 6) is -0.632. The summed E-state index contributed by atoms with van der Waals surface area (Å²) in [5.41, 5.74) is 0.417. The molecule has 3 rings (SSSR count). The van der Waals surface area contributed by atoms with Gasteiger partial charge >= 0.3 is 0 Å². The van der Waals surface area contributed by atoms with Crippen molar-refractivity contribution < 1.29 is 28.6 Å². The van der Waals surface area contributed by atoms with Gasteiger partial charge in [0.25, 0.3) is 11.7 Å². The number of carbonyl (C=O) groups is 2. The second-order valence-corrected chi connectivity index (χ2v) is 6.88. The molecule has 1 aliphatic rings. The minimum atomic E-state index is -0.813. The molecule has 7 heteroatoms. The fraction of sp³-hybridized carbons (Fsp3) is 0.364. The quantitative estimate of drug-likeness (QED) is 0.415. The number of Topliss-reactive ketones (excluding diaryl/α,β-unsaturated/α-hetero) is 1. The predicted molar refractivity (Wildman–Crippen MR) is 106 cm³/mol. The standard InChI is InChI=1S/C22H25NO6/c1-4-27-16-9-7-15(8-10-16)20(24)18-19(17-6-5-12-29-17)23(22(26)21(18)25)11-13-28-14(2)3/h5-10,12,14,19,24H,4,11,13H2,1-3H3/b20-18-. The minimum absolute atomic E-state index is 0.00124. The SMILES string of the molecule is CCOc1ccc(/C(O)=C2/C(=O)C(=O)N(CCOC(C)C)C2c2ccco2)cc1. The lowest BCUT2D eigenvalue weighted by molar-refractivity contribution is -0.140. The highest BCUT2D eigenvalue weighted by atomic mass is 16.5. The van der Waals surface area contributed by atoms with E-state index >= 15 is 0 Å². The molecular weight excluding hydrogens is 374 g/mol. The number of hydrogen-bond acceptors (Lipinski definition) is 6. The number of amides is 1. The summed E-state index contributed by atoms with van der Waals surface area (Å²) >= 11 is 0. The van der Waals surface area contributed by atoms with Crippen molar-refractivity contribution >= 4 is 17.4 Å². The number of ether oxygens (including phenoxy) is 2. The van der Waals surface area contributed by atoms with Gasteiger partial charge < -0.3 is 23.9 Å². The minimum Gasteiger partial charge on any atom is -0.507 e. The van der Waals surface area contributed by atoms with E-state index in [-0.39, 0.29) is 30.6 Å². The maximum absolute atomic E-state index is 12.8. The largest absolute Gasteiger partial charge is 0.507 e. The van der Waals surface area contributed by atoms with Gasteiger partial charge in [-0.2, -0.15) is 0 Å². The number of furan rings is 1. The number of aliphatic hydroxyl groups is 1. The van der Waals surface area contributed by atoms with Gasteiger partial charge in [0.1, 0.15) is 23.3 Å². The lowest BCUT2D eigenvalue weighted by atomic mass is 9.99. The van der Waals surface area contributed by atoms with Crippen LogP contribution in [0.1, 0.15) is 38.1 Å². The molecule has 2 heterocycles. The Balaban J connectivity index is 1.99. The molecule has 1 N–H and O–H groups in total. The van der Waals surface area contributed by atoms with Crippen LogP contribution in [-0.2, 0) is 14.3 Å². The third-order valence-electron chi connectivity index (χ3n) is 4.57. The Kier molecular flexibility index (Phi) is 6.39. The Morgan fingerprint density at radius 3 is 2.52 bits per heavy atom. The van der Waals surface area contributed by atoms with E-state index < -0.39 is 17.7 Å². The van der Waals surface area contributed by atoms with Crippen molar-refractivity contribution in [3.05, 3.63) is 59.6 Å². The number of carbonyl (C=O) groups excluding carboxylic acids is 2. The molecular formula is C22H25NO6. The summed E-state index contributed by atoms with van der Waals surface area (Å²) in [7, 11) is 0. The van der Waals surface area contributed by atoms with Crippen LogP contribution in [-0.4, -0.2) is 47.6 Å². The summed E-state index contributed by atoms with van der Waals surface area (Å²) in [5, 5.41) is 10.9. The summed E-state index contributed by atoms with van der Waals surface area (Å²) in [6.07, 6.45) is 1.47. The van der Waals surface area contributed by atoms with E-state index in [4.69, 9.17) is 13.9 Å². The van der Waals surface area contributed by atoms with Crippen molar-refractivity contribution in [3.8, 4) is 5.75 Å². The van der Waals surface area contributed by atoms with Crippen LogP contribution in [0, 0.1) is 0 Å². The van der Waals surface area contributed by atoms with Gasteiger partial charge in [0.15, 0.2) is 0 Å². The maximum Gasteiger partial charge on any atom is 0.295 e. The Labute approximate surface area is 169 Å². The van der Waals surface area contributed by atoms with E-state index in [0.717, 1.165) is 0 Å². The van der Waals surface area contributed by atoms with Crippen LogP contribution in [0.2, 0.25) is 0 Å². The van der Waals surface area contributed by atoms with Crippen LogP contribution in [0.25, 0.3) is 5.76 Å². The van der Waals surface area contributed by atoms with Gasteiger partial charge in [0, 0.05) is 12.1 Å². The number of hydrogen-bond donors (Lipinski definition) is 1. The molecule has 1 saturated heterocycles. The van der Waals surface area contributed by atoms with Crippen molar-refractivity contribution in [2.24, 2.45) is 0 Å². The first-order valence-electron chi connectivity index (χ1n) is 9.60. The lowest BCUT2D eigenvalue weighted by Crippen LogP contribution is -2.33. The topological polar surface area (TPSA) is 89.2 Å². The fourth-order valence-corrected chi connectivity index (χ4v) is 3.27. The van der Waals surface area contributed by atoms with Gasteiger partial charge in [-0.15, -0.1) is 0 Å². The fourth-order valence-electron chi connectivity index (χ4n) is 3.27. The number of likely N-dealkylation sites (tertiary alicyclic amines) is 1. The molecule has 0 saturated carbocycles. The van der Waals surface area contributed by atoms with Gasteiger partial charge in [-0.25, -0.2) is 0 Å². The van der Waals surface area contributed by atoms with Crippen molar-refractivity contribution in [2.75, 3.05) is 19.8 Å². The zero-order valence-electron chi connectivity index (χ0n) is 16.8. The van der Waals surface area contributed by atoms with Gasteiger partial charge in [-0.1, -0.05) is 0 Å². The van der Waals surface area contributed by atoms with Crippen LogP contribution < -0.4 is 4.74 Å². The average molecular weight is 399 g/mol. The van der Waals surface area contributed by atoms with E-state index in [2.05, 4.69) is 0 Å². The molecule has 1 unspecified atom stereocenters. The summed E-state index contributed by atoms with van der Waals surface area (Å²) < 4.78 is 16.4. The molecule has 0 aliphatic carbocycles. The Hall–Kier alpha value is -3.06. The molecule has 1 aromatic carbocycles. The van der Waals surface area contributed by atoms with Crippen LogP contribution in [0.5, 0.6) is 5.75 Å². The highest BCUT2D eigenvalue weighted by molar-refractivity contribution is 6.46. The molecule has 1 amide bonds. The zero-order valence-corrected chi connectivity index (χ0v) is 16.8. The third-order valence-corrected chi connectivity index (χ3v) is 4.57. The Morgan fingerprint density at radius 1 is 1.21 bits per heavy atom. The first-order chi connectivity index (χ1) is 13.9. The summed E-state index contributed by atoms with van der Waals surface area (Å²) in [4.78, 5) is 26.9. The average Bonchev–Trinajstić information content (AvgIpc) is 3.30. The second-order valence-electron chi connectivity index (χ2n) is 6.88. The zero-order chi connectivity index (χ0) is 21.0. The highest BCUT2D eigenvalue weighted by Crippen LogP contribution is 2.39. The molecule has 1 aromatic heterocycles. The van der Waals surface area contributed by atoms with Crippen LogP contribution in [0.4, 0.5) is 0 Å².